The molecule has 1 aromatic rings. The van der Waals surface area contributed by atoms with E-state index in [0.29, 0.717) is 12.0 Å². The Morgan fingerprint density at radius 2 is 2.35 bits per heavy atom. The lowest BCUT2D eigenvalue weighted by atomic mass is 10.1. The third-order valence-corrected chi connectivity index (χ3v) is 2.71. The Labute approximate surface area is 99.7 Å². The number of hydrogen-bond donors (Lipinski definition) is 2. The monoisotopic (exact) mass is 230 g/mol. The Balaban J connectivity index is 2.18. The van der Waals surface area contributed by atoms with Gasteiger partial charge in [0.25, 0.3) is 5.91 Å². The fourth-order valence-electron chi connectivity index (χ4n) is 1.70. The van der Waals surface area contributed by atoms with Gasteiger partial charge < -0.3 is 10.6 Å². The minimum Gasteiger partial charge on any atom is -0.346 e. The summed E-state index contributed by atoms with van der Waals surface area (Å²) in [4.78, 5) is 23.0. The molecule has 0 aromatic heterocycles. The number of anilines is 1. The maximum Gasteiger partial charge on any atom is 0.251 e. The molecule has 0 spiro atoms. The zero-order valence-corrected chi connectivity index (χ0v) is 9.62. The van der Waals surface area contributed by atoms with Gasteiger partial charge in [0.05, 0.1) is 6.42 Å². The predicted octanol–water partition coefficient (Wildman–Crippen LogP) is 1.49. The van der Waals surface area contributed by atoms with Crippen LogP contribution in [0.4, 0.5) is 5.69 Å². The van der Waals surface area contributed by atoms with Crippen LogP contribution in [0.3, 0.4) is 0 Å². The first-order valence-electron chi connectivity index (χ1n) is 5.46. The summed E-state index contributed by atoms with van der Waals surface area (Å²) in [5.41, 5.74) is 2.21. The van der Waals surface area contributed by atoms with E-state index >= 15 is 0 Å². The summed E-state index contributed by atoms with van der Waals surface area (Å²) in [6.07, 6.45) is 2.05. The quantitative estimate of drug-likeness (QED) is 0.773. The first-order valence-corrected chi connectivity index (χ1v) is 5.46. The Bertz CT molecular complexity index is 494. The molecule has 1 aromatic carbocycles. The normalized spacial score (nSPS) is 14.8. The van der Waals surface area contributed by atoms with Crippen molar-refractivity contribution in [3.63, 3.8) is 0 Å². The maximum atomic E-state index is 11.8. The van der Waals surface area contributed by atoms with Crippen LogP contribution in [0, 0.1) is 0 Å². The number of fused-ring (bicyclic) bond motifs is 1. The van der Waals surface area contributed by atoms with Gasteiger partial charge in [-0.05, 0) is 24.6 Å². The molecular formula is C13H14N2O2. The summed E-state index contributed by atoms with van der Waals surface area (Å²) < 4.78 is 0. The number of nitrogens with one attached hydrogen (secondary N) is 2. The van der Waals surface area contributed by atoms with E-state index in [0.717, 1.165) is 11.3 Å². The number of carbonyl (C=O) groups is 2. The van der Waals surface area contributed by atoms with Gasteiger partial charge in [0.15, 0.2) is 0 Å². The van der Waals surface area contributed by atoms with Crippen molar-refractivity contribution in [1.82, 2.24) is 5.32 Å². The molecule has 1 aliphatic heterocycles. The first kappa shape index (κ1) is 11.4. The second-order valence-electron chi connectivity index (χ2n) is 4.09. The highest BCUT2D eigenvalue weighted by Gasteiger charge is 2.19. The Kier molecular flexibility index (Phi) is 2.95. The van der Waals surface area contributed by atoms with E-state index < -0.39 is 0 Å². The minimum absolute atomic E-state index is 0.0305. The van der Waals surface area contributed by atoms with Crippen molar-refractivity contribution in [1.29, 1.82) is 0 Å². The minimum atomic E-state index is -0.165. The molecule has 1 heterocycles. The zero-order valence-electron chi connectivity index (χ0n) is 9.62. The van der Waals surface area contributed by atoms with E-state index in [9.17, 15) is 9.59 Å². The van der Waals surface area contributed by atoms with Crippen LogP contribution in [0.5, 0.6) is 0 Å². The lowest BCUT2D eigenvalue weighted by Gasteiger charge is -2.10. The van der Waals surface area contributed by atoms with Crippen molar-refractivity contribution >= 4 is 17.5 Å². The number of benzene rings is 1. The van der Waals surface area contributed by atoms with E-state index in [2.05, 4.69) is 17.2 Å². The molecule has 2 N–H and O–H groups in total. The fraction of sp³-hybridized carbons (Fsp3) is 0.231. The highest BCUT2D eigenvalue weighted by molar-refractivity contribution is 6.02. The van der Waals surface area contributed by atoms with Gasteiger partial charge in [0, 0.05) is 17.3 Å². The van der Waals surface area contributed by atoms with E-state index in [4.69, 9.17) is 0 Å². The standard InChI is InChI=1S/C13H14N2O2/c1-3-8(2)14-13(17)10-5-4-9-7-12(16)15-11(9)6-10/h3-6,8H,1,7H2,2H3,(H,14,17)(H,15,16). The molecule has 1 unspecified atom stereocenters. The van der Waals surface area contributed by atoms with Crippen LogP contribution in [-0.4, -0.2) is 17.9 Å². The molecule has 0 radical (unpaired) electrons. The van der Waals surface area contributed by atoms with Crippen molar-refractivity contribution in [3.05, 3.63) is 42.0 Å². The second kappa shape index (κ2) is 4.41. The van der Waals surface area contributed by atoms with Crippen LogP contribution in [0.25, 0.3) is 0 Å². The molecule has 0 saturated heterocycles. The van der Waals surface area contributed by atoms with Crippen LogP contribution in [0.2, 0.25) is 0 Å². The van der Waals surface area contributed by atoms with E-state index in [1.165, 1.54) is 0 Å². The largest absolute Gasteiger partial charge is 0.346 e. The van der Waals surface area contributed by atoms with Crippen molar-refractivity contribution in [3.8, 4) is 0 Å². The Hall–Kier alpha value is -2.10. The molecular weight excluding hydrogens is 216 g/mol. The lowest BCUT2D eigenvalue weighted by molar-refractivity contribution is -0.115. The van der Waals surface area contributed by atoms with Crippen LogP contribution in [0.1, 0.15) is 22.8 Å². The number of amides is 2. The van der Waals surface area contributed by atoms with Crippen LogP contribution >= 0.6 is 0 Å². The smallest absolute Gasteiger partial charge is 0.251 e. The Morgan fingerprint density at radius 3 is 3.06 bits per heavy atom. The van der Waals surface area contributed by atoms with Gasteiger partial charge in [0.1, 0.15) is 0 Å². The summed E-state index contributed by atoms with van der Waals surface area (Å²) >= 11 is 0. The first-order chi connectivity index (χ1) is 8.10. The van der Waals surface area contributed by atoms with E-state index in [-0.39, 0.29) is 17.9 Å². The van der Waals surface area contributed by atoms with Gasteiger partial charge in [-0.3, -0.25) is 9.59 Å². The number of carbonyl (C=O) groups excluding carboxylic acids is 2. The fourth-order valence-corrected chi connectivity index (χ4v) is 1.70. The van der Waals surface area contributed by atoms with Crippen molar-refractivity contribution in [2.24, 2.45) is 0 Å². The molecule has 17 heavy (non-hydrogen) atoms. The summed E-state index contributed by atoms with van der Waals surface area (Å²) in [7, 11) is 0. The van der Waals surface area contributed by atoms with Gasteiger partial charge in [-0.15, -0.1) is 6.58 Å². The van der Waals surface area contributed by atoms with Crippen molar-refractivity contribution in [2.75, 3.05) is 5.32 Å². The molecule has 1 aliphatic rings. The van der Waals surface area contributed by atoms with Gasteiger partial charge in [0.2, 0.25) is 5.91 Å². The average Bonchev–Trinajstić information content (AvgIpc) is 2.67. The molecule has 2 rings (SSSR count). The predicted molar refractivity (Wildman–Crippen MR) is 65.9 cm³/mol. The Morgan fingerprint density at radius 1 is 1.59 bits per heavy atom. The van der Waals surface area contributed by atoms with Crippen LogP contribution in [-0.2, 0) is 11.2 Å². The lowest BCUT2D eigenvalue weighted by Crippen LogP contribution is -2.30. The molecule has 0 aliphatic carbocycles. The van der Waals surface area contributed by atoms with Crippen molar-refractivity contribution in [2.45, 2.75) is 19.4 Å². The SMILES string of the molecule is C=CC(C)NC(=O)c1ccc2c(c1)NC(=O)C2. The molecule has 2 amide bonds. The highest BCUT2D eigenvalue weighted by Crippen LogP contribution is 2.23. The molecule has 0 saturated carbocycles. The molecule has 0 bridgehead atoms. The molecule has 4 heteroatoms. The summed E-state index contributed by atoms with van der Waals surface area (Å²) in [5.74, 6) is -0.196. The number of rotatable bonds is 3. The zero-order chi connectivity index (χ0) is 12.4. The number of hydrogen-bond acceptors (Lipinski definition) is 2. The third kappa shape index (κ3) is 2.36. The van der Waals surface area contributed by atoms with Crippen LogP contribution in [0.15, 0.2) is 30.9 Å². The van der Waals surface area contributed by atoms with Gasteiger partial charge in [-0.1, -0.05) is 12.1 Å². The van der Waals surface area contributed by atoms with Gasteiger partial charge in [-0.25, -0.2) is 0 Å². The topological polar surface area (TPSA) is 58.2 Å². The van der Waals surface area contributed by atoms with Crippen molar-refractivity contribution < 1.29 is 9.59 Å². The maximum absolute atomic E-state index is 11.8. The third-order valence-electron chi connectivity index (χ3n) is 2.71. The summed E-state index contributed by atoms with van der Waals surface area (Å²) in [6.45, 7) is 5.45. The molecule has 0 fully saturated rings. The van der Waals surface area contributed by atoms with E-state index in [1.54, 1.807) is 24.3 Å². The van der Waals surface area contributed by atoms with Gasteiger partial charge >= 0.3 is 0 Å². The second-order valence-corrected chi connectivity index (χ2v) is 4.09. The van der Waals surface area contributed by atoms with Gasteiger partial charge in [-0.2, -0.15) is 0 Å². The highest BCUT2D eigenvalue weighted by atomic mass is 16.2. The van der Waals surface area contributed by atoms with E-state index in [1.807, 2.05) is 6.92 Å². The molecule has 1 atom stereocenters. The molecule has 88 valence electrons. The molecule has 4 nitrogen and oxygen atoms in total. The summed E-state index contributed by atoms with van der Waals surface area (Å²) in [5, 5.41) is 5.50. The average molecular weight is 230 g/mol. The van der Waals surface area contributed by atoms with Crippen LogP contribution < -0.4 is 10.6 Å². The summed E-state index contributed by atoms with van der Waals surface area (Å²) in [6, 6.07) is 5.15.